The fraction of sp³-hybridized carbons (Fsp3) is 0.400. The molecule has 2 atom stereocenters. The lowest BCUT2D eigenvalue weighted by Gasteiger charge is -2.42. The summed E-state index contributed by atoms with van der Waals surface area (Å²) in [4.78, 5) is 21.4. The van der Waals surface area contributed by atoms with Gasteiger partial charge in [-0.05, 0) is 42.0 Å². The zero-order chi connectivity index (χ0) is 19.0. The topological polar surface area (TPSA) is 53.4 Å². The Kier molecular flexibility index (Phi) is 4.78. The van der Waals surface area contributed by atoms with Crippen molar-refractivity contribution in [1.29, 1.82) is 0 Å². The number of anilines is 2. The van der Waals surface area contributed by atoms with Gasteiger partial charge in [0.05, 0.1) is 5.00 Å². The standard InChI is InChI=1S/C20H25N5OS/c1-14-7-11-25(20(26)22-18-5-4-12-27-18)13-17(14)24(3)16-6-9-21-19-15(16)8-10-23(19)2/h4-6,8-10,12,14,17H,7,11,13H2,1-3H3,(H,22,26)/t14-,17+/m1/s1. The van der Waals surface area contributed by atoms with Gasteiger partial charge in [-0.3, -0.25) is 5.32 Å². The van der Waals surface area contributed by atoms with Crippen molar-refractivity contribution in [2.24, 2.45) is 13.0 Å². The summed E-state index contributed by atoms with van der Waals surface area (Å²) in [5.41, 5.74) is 2.15. The monoisotopic (exact) mass is 383 g/mol. The molecule has 0 spiro atoms. The van der Waals surface area contributed by atoms with Gasteiger partial charge in [-0.15, -0.1) is 11.3 Å². The Bertz CT molecular complexity index is 935. The van der Waals surface area contributed by atoms with Crippen LogP contribution in [0, 0.1) is 5.92 Å². The summed E-state index contributed by atoms with van der Waals surface area (Å²) in [5, 5.41) is 7.02. The Morgan fingerprint density at radius 3 is 3.00 bits per heavy atom. The van der Waals surface area contributed by atoms with Crippen LogP contribution in [0.15, 0.2) is 42.0 Å². The van der Waals surface area contributed by atoms with Crippen LogP contribution >= 0.6 is 11.3 Å². The molecule has 1 N–H and O–H groups in total. The van der Waals surface area contributed by atoms with Gasteiger partial charge in [0, 0.05) is 56.7 Å². The van der Waals surface area contributed by atoms with E-state index in [0.29, 0.717) is 12.5 Å². The summed E-state index contributed by atoms with van der Waals surface area (Å²) in [6, 6.07) is 8.31. The van der Waals surface area contributed by atoms with Gasteiger partial charge >= 0.3 is 6.03 Å². The highest BCUT2D eigenvalue weighted by molar-refractivity contribution is 7.14. The van der Waals surface area contributed by atoms with Gasteiger partial charge in [-0.2, -0.15) is 0 Å². The normalized spacial score (nSPS) is 20.0. The lowest BCUT2D eigenvalue weighted by Crippen LogP contribution is -2.53. The van der Waals surface area contributed by atoms with E-state index in [4.69, 9.17) is 0 Å². The van der Waals surface area contributed by atoms with Gasteiger partial charge in [0.25, 0.3) is 0 Å². The fourth-order valence-corrected chi connectivity index (χ4v) is 4.52. The Hall–Kier alpha value is -2.54. The highest BCUT2D eigenvalue weighted by atomic mass is 32.1. The van der Waals surface area contributed by atoms with E-state index in [1.54, 1.807) is 11.3 Å². The molecule has 3 aromatic rings. The minimum absolute atomic E-state index is 0.0117. The number of piperidine rings is 1. The SMILES string of the molecule is C[C@@H]1CCN(C(=O)Nc2cccs2)C[C@@H]1N(C)c1ccnc2c1ccn2C. The van der Waals surface area contributed by atoms with Crippen molar-refractivity contribution in [2.75, 3.05) is 30.4 Å². The summed E-state index contributed by atoms with van der Waals surface area (Å²) < 4.78 is 2.04. The van der Waals surface area contributed by atoms with Crippen LogP contribution in [0.4, 0.5) is 15.5 Å². The van der Waals surface area contributed by atoms with Crippen molar-refractivity contribution in [2.45, 2.75) is 19.4 Å². The van der Waals surface area contributed by atoms with E-state index in [0.717, 1.165) is 34.7 Å². The molecule has 1 saturated heterocycles. The molecule has 4 heterocycles. The van der Waals surface area contributed by atoms with Gasteiger partial charge in [0.1, 0.15) is 5.65 Å². The molecule has 0 bridgehead atoms. The summed E-state index contributed by atoms with van der Waals surface area (Å²) in [7, 11) is 4.14. The molecule has 0 aliphatic carbocycles. The number of pyridine rings is 1. The molecular formula is C20H25N5OS. The Labute approximate surface area is 163 Å². The van der Waals surface area contributed by atoms with Crippen LogP contribution in [0.5, 0.6) is 0 Å². The van der Waals surface area contributed by atoms with E-state index >= 15 is 0 Å². The molecule has 6 nitrogen and oxygen atoms in total. The van der Waals surface area contributed by atoms with E-state index in [1.807, 2.05) is 46.4 Å². The quantitative estimate of drug-likeness (QED) is 0.743. The number of rotatable bonds is 3. The van der Waals surface area contributed by atoms with Gasteiger partial charge < -0.3 is 14.4 Å². The van der Waals surface area contributed by atoms with Crippen LogP contribution in [-0.4, -0.2) is 46.7 Å². The predicted molar refractivity (Wildman–Crippen MR) is 112 cm³/mol. The van der Waals surface area contributed by atoms with E-state index in [-0.39, 0.29) is 12.1 Å². The second-order valence-electron chi connectivity index (χ2n) is 7.29. The summed E-state index contributed by atoms with van der Waals surface area (Å²) in [6.45, 7) is 3.78. The van der Waals surface area contributed by atoms with E-state index in [9.17, 15) is 4.79 Å². The van der Waals surface area contributed by atoms with Crippen molar-refractivity contribution in [3.63, 3.8) is 0 Å². The van der Waals surface area contributed by atoms with Crippen LogP contribution in [0.1, 0.15) is 13.3 Å². The number of urea groups is 1. The van der Waals surface area contributed by atoms with Gasteiger partial charge in [-0.25, -0.2) is 9.78 Å². The summed E-state index contributed by atoms with van der Waals surface area (Å²) in [6.07, 6.45) is 4.90. The number of likely N-dealkylation sites (tertiary alicyclic amines) is 1. The van der Waals surface area contributed by atoms with Crippen LogP contribution in [0.25, 0.3) is 11.0 Å². The van der Waals surface area contributed by atoms with Crippen LogP contribution in [-0.2, 0) is 7.05 Å². The molecule has 0 saturated carbocycles. The molecule has 27 heavy (non-hydrogen) atoms. The average Bonchev–Trinajstić information content (AvgIpc) is 3.31. The minimum Gasteiger partial charge on any atom is -0.369 e. The van der Waals surface area contributed by atoms with Crippen molar-refractivity contribution in [1.82, 2.24) is 14.5 Å². The van der Waals surface area contributed by atoms with Gasteiger partial charge in [0.2, 0.25) is 0 Å². The number of carbonyl (C=O) groups excluding carboxylic acids is 1. The number of amides is 2. The number of aryl methyl sites for hydroxylation is 1. The predicted octanol–water partition coefficient (Wildman–Crippen LogP) is 4.01. The van der Waals surface area contributed by atoms with E-state index < -0.39 is 0 Å². The Morgan fingerprint density at radius 1 is 1.37 bits per heavy atom. The lowest BCUT2D eigenvalue weighted by atomic mass is 9.92. The average molecular weight is 384 g/mol. The molecule has 7 heteroatoms. The Morgan fingerprint density at radius 2 is 2.22 bits per heavy atom. The molecule has 142 valence electrons. The molecule has 0 radical (unpaired) electrons. The largest absolute Gasteiger partial charge is 0.369 e. The highest BCUT2D eigenvalue weighted by Crippen LogP contribution is 2.31. The molecule has 0 unspecified atom stereocenters. The van der Waals surface area contributed by atoms with Crippen molar-refractivity contribution in [3.05, 3.63) is 42.0 Å². The zero-order valence-corrected chi connectivity index (χ0v) is 16.7. The number of hydrogen-bond donors (Lipinski definition) is 1. The van der Waals surface area contributed by atoms with Crippen molar-refractivity contribution in [3.8, 4) is 0 Å². The molecule has 0 aromatic carbocycles. The minimum atomic E-state index is -0.0117. The van der Waals surface area contributed by atoms with Gasteiger partial charge in [0.15, 0.2) is 0 Å². The summed E-state index contributed by atoms with van der Waals surface area (Å²) in [5.74, 6) is 0.507. The molecule has 4 rings (SSSR count). The van der Waals surface area contributed by atoms with E-state index in [1.165, 1.54) is 0 Å². The third kappa shape index (κ3) is 3.39. The highest BCUT2D eigenvalue weighted by Gasteiger charge is 2.32. The second kappa shape index (κ2) is 7.23. The second-order valence-corrected chi connectivity index (χ2v) is 8.24. The lowest BCUT2D eigenvalue weighted by molar-refractivity contribution is 0.172. The first-order chi connectivity index (χ1) is 13.0. The molecular weight excluding hydrogens is 358 g/mol. The summed E-state index contributed by atoms with van der Waals surface area (Å²) >= 11 is 1.55. The molecule has 1 aliphatic heterocycles. The van der Waals surface area contributed by atoms with Crippen LogP contribution < -0.4 is 10.2 Å². The molecule has 1 fully saturated rings. The molecule has 1 aliphatic rings. The zero-order valence-electron chi connectivity index (χ0n) is 15.9. The first-order valence-corrected chi connectivity index (χ1v) is 10.1. The maximum absolute atomic E-state index is 12.7. The smallest absolute Gasteiger partial charge is 0.322 e. The number of hydrogen-bond acceptors (Lipinski definition) is 4. The molecule has 2 amide bonds. The van der Waals surface area contributed by atoms with Crippen molar-refractivity contribution < 1.29 is 4.79 Å². The number of aromatic nitrogens is 2. The Balaban J connectivity index is 1.55. The first kappa shape index (κ1) is 17.9. The number of nitrogens with zero attached hydrogens (tertiary/aromatic N) is 4. The maximum Gasteiger partial charge on any atom is 0.322 e. The first-order valence-electron chi connectivity index (χ1n) is 9.27. The fourth-order valence-electron chi connectivity index (χ4n) is 3.91. The van der Waals surface area contributed by atoms with Gasteiger partial charge in [-0.1, -0.05) is 6.92 Å². The third-order valence-electron chi connectivity index (χ3n) is 5.58. The number of carbonyl (C=O) groups is 1. The number of fused-ring (bicyclic) bond motifs is 1. The third-order valence-corrected chi connectivity index (χ3v) is 6.36. The molecule has 3 aromatic heterocycles. The van der Waals surface area contributed by atoms with Crippen molar-refractivity contribution >= 4 is 39.1 Å². The number of nitrogens with one attached hydrogen (secondary N) is 1. The maximum atomic E-state index is 12.7. The van der Waals surface area contributed by atoms with E-state index in [2.05, 4.69) is 41.3 Å². The number of likely N-dealkylation sites (N-methyl/N-ethyl adjacent to an activating group) is 1. The van der Waals surface area contributed by atoms with Crippen LogP contribution in [0.2, 0.25) is 0 Å². The number of thiophene rings is 1. The van der Waals surface area contributed by atoms with Crippen LogP contribution in [0.3, 0.4) is 0 Å².